The summed E-state index contributed by atoms with van der Waals surface area (Å²) >= 11 is 1.15. The van der Waals surface area contributed by atoms with E-state index in [0.29, 0.717) is 5.88 Å². The van der Waals surface area contributed by atoms with Crippen molar-refractivity contribution in [2.24, 2.45) is 0 Å². The minimum absolute atomic E-state index is 0.566. The molecule has 0 aliphatic rings. The highest BCUT2D eigenvalue weighted by molar-refractivity contribution is 6.99. The molecule has 0 fully saturated rings. The standard InChI is InChI=1S/C12H13N3OS/c1-3-10(4-2)16-12-11(14-17-15-12)9-5-7-13-8-6-9/h3,5-8H,4H2,1-2H3/b10-3+. The molecular formula is C12H13N3OS. The molecule has 0 radical (unpaired) electrons. The summed E-state index contributed by atoms with van der Waals surface area (Å²) in [7, 11) is 0. The summed E-state index contributed by atoms with van der Waals surface area (Å²) in [4.78, 5) is 3.98. The number of ether oxygens (including phenoxy) is 1. The van der Waals surface area contributed by atoms with Crippen molar-refractivity contribution < 1.29 is 4.74 Å². The summed E-state index contributed by atoms with van der Waals surface area (Å²) in [6, 6.07) is 3.79. The van der Waals surface area contributed by atoms with Crippen LogP contribution in [0.3, 0.4) is 0 Å². The summed E-state index contributed by atoms with van der Waals surface area (Å²) in [5, 5.41) is 0. The fraction of sp³-hybridized carbons (Fsp3) is 0.250. The maximum absolute atomic E-state index is 5.72. The first-order valence-corrected chi connectivity index (χ1v) is 6.14. The summed E-state index contributed by atoms with van der Waals surface area (Å²) < 4.78 is 14.1. The minimum Gasteiger partial charge on any atom is -0.441 e. The van der Waals surface area contributed by atoms with Crippen molar-refractivity contribution >= 4 is 11.7 Å². The minimum atomic E-state index is 0.566. The Hall–Kier alpha value is -1.75. The van der Waals surface area contributed by atoms with Crippen LogP contribution in [0.2, 0.25) is 0 Å². The Labute approximate surface area is 104 Å². The third-order valence-corrected chi connectivity index (χ3v) is 2.82. The Morgan fingerprint density at radius 1 is 1.35 bits per heavy atom. The molecule has 0 atom stereocenters. The highest BCUT2D eigenvalue weighted by Gasteiger charge is 2.12. The zero-order chi connectivity index (χ0) is 12.1. The summed E-state index contributed by atoms with van der Waals surface area (Å²) in [5.74, 6) is 1.46. The molecule has 88 valence electrons. The van der Waals surface area contributed by atoms with E-state index in [0.717, 1.165) is 35.2 Å². The van der Waals surface area contributed by atoms with Crippen LogP contribution in [0.25, 0.3) is 11.3 Å². The van der Waals surface area contributed by atoms with E-state index in [2.05, 4.69) is 13.7 Å². The smallest absolute Gasteiger partial charge is 0.259 e. The average molecular weight is 247 g/mol. The number of nitrogens with zero attached hydrogens (tertiary/aromatic N) is 3. The average Bonchev–Trinajstić information content (AvgIpc) is 2.85. The number of rotatable bonds is 4. The molecule has 2 heterocycles. The number of pyridine rings is 1. The van der Waals surface area contributed by atoms with E-state index in [1.54, 1.807) is 12.4 Å². The lowest BCUT2D eigenvalue weighted by Crippen LogP contribution is -1.95. The van der Waals surface area contributed by atoms with Crippen LogP contribution in [-0.2, 0) is 0 Å². The first-order chi connectivity index (χ1) is 8.35. The first-order valence-electron chi connectivity index (χ1n) is 5.41. The molecule has 0 aliphatic carbocycles. The van der Waals surface area contributed by atoms with Gasteiger partial charge in [-0.2, -0.15) is 4.37 Å². The van der Waals surface area contributed by atoms with Crippen molar-refractivity contribution in [2.45, 2.75) is 20.3 Å². The van der Waals surface area contributed by atoms with E-state index in [1.807, 2.05) is 32.1 Å². The molecule has 0 saturated heterocycles. The zero-order valence-electron chi connectivity index (χ0n) is 9.75. The Kier molecular flexibility index (Phi) is 3.82. The lowest BCUT2D eigenvalue weighted by molar-refractivity contribution is 0.398. The van der Waals surface area contributed by atoms with Gasteiger partial charge in [-0.05, 0) is 25.1 Å². The highest BCUT2D eigenvalue weighted by Crippen LogP contribution is 2.28. The number of hydrogen-bond donors (Lipinski definition) is 0. The van der Waals surface area contributed by atoms with E-state index >= 15 is 0 Å². The van der Waals surface area contributed by atoms with Crippen LogP contribution < -0.4 is 4.74 Å². The third-order valence-electron chi connectivity index (χ3n) is 2.31. The monoisotopic (exact) mass is 247 g/mol. The second-order valence-corrected chi connectivity index (χ2v) is 3.89. The fourth-order valence-corrected chi connectivity index (χ4v) is 1.90. The second kappa shape index (κ2) is 5.54. The number of hydrogen-bond acceptors (Lipinski definition) is 5. The molecule has 0 unspecified atom stereocenters. The molecule has 0 amide bonds. The van der Waals surface area contributed by atoms with E-state index < -0.39 is 0 Å². The van der Waals surface area contributed by atoms with Gasteiger partial charge in [0.1, 0.15) is 11.5 Å². The van der Waals surface area contributed by atoms with Crippen molar-refractivity contribution in [3.05, 3.63) is 36.4 Å². The highest BCUT2D eigenvalue weighted by atomic mass is 32.1. The number of aromatic nitrogens is 3. The SMILES string of the molecule is C/C=C(\CC)Oc1nsnc1-c1ccncc1. The van der Waals surface area contributed by atoms with Gasteiger partial charge >= 0.3 is 0 Å². The summed E-state index contributed by atoms with van der Waals surface area (Å²) in [6.45, 7) is 3.99. The van der Waals surface area contributed by atoms with E-state index in [4.69, 9.17) is 4.74 Å². The molecule has 0 aliphatic heterocycles. The molecule has 5 heteroatoms. The lowest BCUT2D eigenvalue weighted by atomic mass is 10.2. The van der Waals surface area contributed by atoms with E-state index in [-0.39, 0.29) is 0 Å². The normalized spacial score (nSPS) is 11.5. The van der Waals surface area contributed by atoms with E-state index in [1.165, 1.54) is 0 Å². The van der Waals surface area contributed by atoms with Gasteiger partial charge in [0, 0.05) is 24.4 Å². The molecule has 2 aromatic heterocycles. The summed E-state index contributed by atoms with van der Waals surface area (Å²) in [5.41, 5.74) is 1.74. The van der Waals surface area contributed by atoms with Gasteiger partial charge in [-0.25, -0.2) is 0 Å². The van der Waals surface area contributed by atoms with Gasteiger partial charge in [-0.15, -0.1) is 4.37 Å². The first kappa shape index (κ1) is 11.7. The molecule has 4 nitrogen and oxygen atoms in total. The van der Waals surface area contributed by atoms with Crippen molar-refractivity contribution in [3.8, 4) is 17.1 Å². The van der Waals surface area contributed by atoms with Crippen molar-refractivity contribution in [2.75, 3.05) is 0 Å². The van der Waals surface area contributed by atoms with Gasteiger partial charge < -0.3 is 4.74 Å². The molecule has 0 bridgehead atoms. The molecular weight excluding hydrogens is 234 g/mol. The molecule has 0 N–H and O–H groups in total. The number of allylic oxidation sites excluding steroid dienone is 2. The molecule has 2 aromatic rings. The quantitative estimate of drug-likeness (QED) is 0.778. The molecule has 0 saturated carbocycles. The molecule has 0 spiro atoms. The molecule has 17 heavy (non-hydrogen) atoms. The van der Waals surface area contributed by atoms with Gasteiger partial charge in [-0.1, -0.05) is 6.92 Å². The van der Waals surface area contributed by atoms with Crippen LogP contribution in [0.1, 0.15) is 20.3 Å². The maximum Gasteiger partial charge on any atom is 0.259 e. The van der Waals surface area contributed by atoms with Crippen LogP contribution in [0, 0.1) is 0 Å². The fourth-order valence-electron chi connectivity index (χ4n) is 1.39. The van der Waals surface area contributed by atoms with Crippen LogP contribution in [0.4, 0.5) is 0 Å². The topological polar surface area (TPSA) is 47.9 Å². The Morgan fingerprint density at radius 3 is 2.76 bits per heavy atom. The maximum atomic E-state index is 5.72. The molecule has 0 aromatic carbocycles. The zero-order valence-corrected chi connectivity index (χ0v) is 10.6. The predicted molar refractivity (Wildman–Crippen MR) is 67.8 cm³/mol. The van der Waals surface area contributed by atoms with Gasteiger partial charge in [0.2, 0.25) is 0 Å². The Balaban J connectivity index is 2.29. The third kappa shape index (κ3) is 2.68. The second-order valence-electron chi connectivity index (χ2n) is 3.36. The van der Waals surface area contributed by atoms with Crippen molar-refractivity contribution in [3.63, 3.8) is 0 Å². The van der Waals surface area contributed by atoms with Crippen LogP contribution >= 0.6 is 11.7 Å². The van der Waals surface area contributed by atoms with Crippen LogP contribution in [0.5, 0.6) is 5.88 Å². The largest absolute Gasteiger partial charge is 0.441 e. The van der Waals surface area contributed by atoms with Crippen LogP contribution in [0.15, 0.2) is 36.4 Å². The van der Waals surface area contributed by atoms with Crippen LogP contribution in [-0.4, -0.2) is 13.7 Å². The Morgan fingerprint density at radius 2 is 2.12 bits per heavy atom. The van der Waals surface area contributed by atoms with Crippen molar-refractivity contribution in [1.82, 2.24) is 13.7 Å². The van der Waals surface area contributed by atoms with Gasteiger partial charge in [0.05, 0.1) is 11.7 Å². The van der Waals surface area contributed by atoms with E-state index in [9.17, 15) is 0 Å². The van der Waals surface area contributed by atoms with Gasteiger partial charge in [0.25, 0.3) is 5.88 Å². The Bertz CT molecular complexity index is 507. The van der Waals surface area contributed by atoms with Crippen molar-refractivity contribution in [1.29, 1.82) is 0 Å². The van der Waals surface area contributed by atoms with Gasteiger partial charge in [0.15, 0.2) is 0 Å². The lowest BCUT2D eigenvalue weighted by Gasteiger charge is -2.05. The molecule has 2 rings (SSSR count). The predicted octanol–water partition coefficient (Wildman–Crippen LogP) is 3.29. The summed E-state index contributed by atoms with van der Waals surface area (Å²) in [6.07, 6.45) is 6.24. The van der Waals surface area contributed by atoms with Gasteiger partial charge in [-0.3, -0.25) is 4.98 Å².